The van der Waals surface area contributed by atoms with Gasteiger partial charge in [-0.3, -0.25) is 0 Å². The molecule has 0 aromatic heterocycles. The highest BCUT2D eigenvalue weighted by atomic mass is 19.1. The fourth-order valence-electron chi connectivity index (χ4n) is 2.33. The van der Waals surface area contributed by atoms with Crippen molar-refractivity contribution in [1.82, 2.24) is 4.90 Å². The lowest BCUT2D eigenvalue weighted by molar-refractivity contribution is 0.206. The number of rotatable bonds is 5. The molecule has 0 aliphatic carbocycles. The van der Waals surface area contributed by atoms with Gasteiger partial charge in [0.1, 0.15) is 11.6 Å². The molecule has 2 amide bonds. The second-order valence-electron chi connectivity index (χ2n) is 5.90. The van der Waals surface area contributed by atoms with Gasteiger partial charge >= 0.3 is 6.03 Å². The van der Waals surface area contributed by atoms with E-state index in [0.29, 0.717) is 17.0 Å². The van der Waals surface area contributed by atoms with Crippen molar-refractivity contribution in [2.45, 2.75) is 32.9 Å². The average Bonchev–Trinajstić information content (AvgIpc) is 2.55. The molecule has 0 heterocycles. The number of urea groups is 1. The van der Waals surface area contributed by atoms with Gasteiger partial charge in [-0.2, -0.15) is 0 Å². The summed E-state index contributed by atoms with van der Waals surface area (Å²) in [7, 11) is 1.64. The van der Waals surface area contributed by atoms with E-state index in [2.05, 4.69) is 5.32 Å². The predicted octanol–water partition coefficient (Wildman–Crippen LogP) is 4.84. The van der Waals surface area contributed by atoms with E-state index in [1.54, 1.807) is 44.3 Å². The maximum Gasteiger partial charge on any atom is 0.322 e. The van der Waals surface area contributed by atoms with Gasteiger partial charge in [0.2, 0.25) is 0 Å². The van der Waals surface area contributed by atoms with Gasteiger partial charge in [0, 0.05) is 12.6 Å². The van der Waals surface area contributed by atoms with Gasteiger partial charge in [-0.15, -0.1) is 0 Å². The van der Waals surface area contributed by atoms with Crippen LogP contribution in [0.2, 0.25) is 0 Å². The first-order valence-corrected chi connectivity index (χ1v) is 7.94. The van der Waals surface area contributed by atoms with Crippen LogP contribution in [0.5, 0.6) is 5.75 Å². The fraction of sp³-hybridized carbons (Fsp3) is 0.316. The zero-order valence-electron chi connectivity index (χ0n) is 14.4. The molecule has 4 nitrogen and oxygen atoms in total. The Morgan fingerprint density at radius 3 is 2.38 bits per heavy atom. The molecule has 0 aliphatic rings. The highest BCUT2D eigenvalue weighted by Crippen LogP contribution is 2.27. The number of ether oxygens (including phenoxy) is 1. The second-order valence-corrected chi connectivity index (χ2v) is 5.90. The lowest BCUT2D eigenvalue weighted by atomic mass is 10.1. The quantitative estimate of drug-likeness (QED) is 0.852. The largest absolute Gasteiger partial charge is 0.489 e. The molecule has 2 aromatic rings. The van der Waals surface area contributed by atoms with Crippen LogP contribution >= 0.6 is 0 Å². The Labute approximate surface area is 142 Å². The van der Waals surface area contributed by atoms with E-state index in [-0.39, 0.29) is 18.0 Å². The van der Waals surface area contributed by atoms with E-state index in [1.165, 1.54) is 11.0 Å². The number of para-hydroxylation sites is 2. The van der Waals surface area contributed by atoms with Crippen LogP contribution in [0, 0.1) is 5.82 Å². The summed E-state index contributed by atoms with van der Waals surface area (Å²) in [6.07, 6.45) is -0.00174. The monoisotopic (exact) mass is 330 g/mol. The minimum Gasteiger partial charge on any atom is -0.489 e. The van der Waals surface area contributed by atoms with Crippen molar-refractivity contribution in [2.75, 3.05) is 12.4 Å². The molecule has 0 spiro atoms. The number of hydrogen-bond acceptors (Lipinski definition) is 2. The summed E-state index contributed by atoms with van der Waals surface area (Å²) in [6, 6.07) is 13.0. The van der Waals surface area contributed by atoms with E-state index >= 15 is 0 Å². The Hall–Kier alpha value is -2.56. The SMILES string of the molecule is CC(C)Oc1ccccc1NC(=O)N(C)C(C)c1ccccc1F. The van der Waals surface area contributed by atoms with Crippen LogP contribution in [0.4, 0.5) is 14.9 Å². The summed E-state index contributed by atoms with van der Waals surface area (Å²) < 4.78 is 19.6. The Morgan fingerprint density at radius 1 is 1.08 bits per heavy atom. The zero-order valence-corrected chi connectivity index (χ0v) is 14.4. The van der Waals surface area contributed by atoms with E-state index in [9.17, 15) is 9.18 Å². The minimum atomic E-state index is -0.399. The second kappa shape index (κ2) is 7.81. The van der Waals surface area contributed by atoms with Gasteiger partial charge in [-0.25, -0.2) is 9.18 Å². The standard InChI is InChI=1S/C19H23FN2O2/c1-13(2)24-18-12-8-7-11-17(18)21-19(23)22(4)14(3)15-9-5-6-10-16(15)20/h5-14H,1-4H3,(H,21,23). The molecular formula is C19H23FN2O2. The van der Waals surface area contributed by atoms with Gasteiger partial charge in [0.05, 0.1) is 17.8 Å². The van der Waals surface area contributed by atoms with E-state index in [0.717, 1.165) is 0 Å². The molecule has 2 rings (SSSR count). The summed E-state index contributed by atoms with van der Waals surface area (Å²) in [6.45, 7) is 5.63. The normalized spacial score (nSPS) is 11.9. The van der Waals surface area contributed by atoms with Crippen molar-refractivity contribution < 1.29 is 13.9 Å². The molecule has 128 valence electrons. The van der Waals surface area contributed by atoms with Crippen molar-refractivity contribution in [2.24, 2.45) is 0 Å². The van der Waals surface area contributed by atoms with Crippen molar-refractivity contribution in [1.29, 1.82) is 0 Å². The third-order valence-electron chi connectivity index (χ3n) is 3.75. The summed E-state index contributed by atoms with van der Waals surface area (Å²) in [4.78, 5) is 14.0. The first-order valence-electron chi connectivity index (χ1n) is 7.94. The minimum absolute atomic E-state index is 0.00174. The van der Waals surface area contributed by atoms with Gasteiger partial charge in [-0.05, 0) is 39.0 Å². The first kappa shape index (κ1) is 17.8. The van der Waals surface area contributed by atoms with E-state index in [4.69, 9.17) is 4.74 Å². The summed E-state index contributed by atoms with van der Waals surface area (Å²) in [5, 5.41) is 2.83. The molecule has 1 atom stereocenters. The van der Waals surface area contributed by atoms with Crippen LogP contribution in [-0.4, -0.2) is 24.1 Å². The molecule has 1 unspecified atom stereocenters. The number of carbonyl (C=O) groups excluding carboxylic acids is 1. The first-order chi connectivity index (χ1) is 11.4. The van der Waals surface area contributed by atoms with Gasteiger partial charge in [0.15, 0.2) is 0 Å². The summed E-state index contributed by atoms with van der Waals surface area (Å²) in [5.41, 5.74) is 1.06. The Morgan fingerprint density at radius 2 is 1.71 bits per heavy atom. The van der Waals surface area contributed by atoms with Crippen LogP contribution in [0.3, 0.4) is 0 Å². The highest BCUT2D eigenvalue weighted by Gasteiger charge is 2.20. The summed E-state index contributed by atoms with van der Waals surface area (Å²) >= 11 is 0. The number of halogens is 1. The number of carbonyl (C=O) groups is 1. The van der Waals surface area contributed by atoms with E-state index < -0.39 is 6.04 Å². The maximum absolute atomic E-state index is 13.9. The van der Waals surface area contributed by atoms with Crippen molar-refractivity contribution >= 4 is 11.7 Å². The lowest BCUT2D eigenvalue weighted by Gasteiger charge is -2.26. The lowest BCUT2D eigenvalue weighted by Crippen LogP contribution is -2.34. The third kappa shape index (κ3) is 4.25. The van der Waals surface area contributed by atoms with Crippen molar-refractivity contribution in [3.63, 3.8) is 0 Å². The van der Waals surface area contributed by atoms with Gasteiger partial charge < -0.3 is 15.0 Å². The van der Waals surface area contributed by atoms with E-state index in [1.807, 2.05) is 26.0 Å². The molecule has 24 heavy (non-hydrogen) atoms. The number of amides is 2. The van der Waals surface area contributed by atoms with Gasteiger partial charge in [0.25, 0.3) is 0 Å². The third-order valence-corrected chi connectivity index (χ3v) is 3.75. The number of nitrogens with zero attached hydrogens (tertiary/aromatic N) is 1. The smallest absolute Gasteiger partial charge is 0.322 e. The number of benzene rings is 2. The molecular weight excluding hydrogens is 307 g/mol. The fourth-order valence-corrected chi connectivity index (χ4v) is 2.33. The molecule has 0 bridgehead atoms. The molecule has 0 fully saturated rings. The van der Waals surface area contributed by atoms with Crippen LogP contribution < -0.4 is 10.1 Å². The Bertz CT molecular complexity index is 703. The molecule has 1 N–H and O–H groups in total. The Kier molecular flexibility index (Phi) is 5.79. The molecule has 5 heteroatoms. The van der Waals surface area contributed by atoms with Crippen LogP contribution in [-0.2, 0) is 0 Å². The highest BCUT2D eigenvalue weighted by molar-refractivity contribution is 5.91. The molecule has 0 aliphatic heterocycles. The molecule has 0 saturated carbocycles. The zero-order chi connectivity index (χ0) is 17.7. The van der Waals surface area contributed by atoms with Gasteiger partial charge in [-0.1, -0.05) is 30.3 Å². The van der Waals surface area contributed by atoms with Crippen LogP contribution in [0.1, 0.15) is 32.4 Å². The number of anilines is 1. The predicted molar refractivity (Wildman–Crippen MR) is 93.8 cm³/mol. The molecule has 0 saturated heterocycles. The van der Waals surface area contributed by atoms with Crippen LogP contribution in [0.25, 0.3) is 0 Å². The summed E-state index contributed by atoms with van der Waals surface area (Å²) in [5.74, 6) is 0.279. The Balaban J connectivity index is 2.14. The topological polar surface area (TPSA) is 41.6 Å². The molecule has 2 aromatic carbocycles. The maximum atomic E-state index is 13.9. The molecule has 0 radical (unpaired) electrons. The van der Waals surface area contributed by atoms with Crippen molar-refractivity contribution in [3.05, 3.63) is 59.9 Å². The number of hydrogen-bond donors (Lipinski definition) is 1. The average molecular weight is 330 g/mol. The van der Waals surface area contributed by atoms with Crippen LogP contribution in [0.15, 0.2) is 48.5 Å². The number of nitrogens with one attached hydrogen (secondary N) is 1. The van der Waals surface area contributed by atoms with Crippen molar-refractivity contribution in [3.8, 4) is 5.75 Å².